The first-order valence-corrected chi connectivity index (χ1v) is 16.7. The molecule has 168 valence electrons. The maximum absolute atomic E-state index is 15.7. The van der Waals surface area contributed by atoms with Crippen LogP contribution in [0.15, 0.2) is 109 Å². The Bertz CT molecular complexity index is 1770. The summed E-state index contributed by atoms with van der Waals surface area (Å²) in [7, 11) is -5.20. The van der Waals surface area contributed by atoms with Crippen molar-refractivity contribution in [2.75, 3.05) is 0 Å². The van der Waals surface area contributed by atoms with Crippen molar-refractivity contribution in [3.05, 3.63) is 126 Å². The zero-order valence-corrected chi connectivity index (χ0v) is 21.6. The molecule has 0 saturated carbocycles. The molecule has 2 aliphatic rings. The standard InChI is InChI=1S/C31H24NOPSi/c1-35(2)29-14-8-5-11-26(29)30-24-9-3-6-12-27(24)34(33,28-13-7-4-10-25(28)31(30)35)23-16-15-21-17-18-32-20-22(21)19-23/h3-20H,1-2H3. The lowest BCUT2D eigenvalue weighted by molar-refractivity contribution is 0.592. The summed E-state index contributed by atoms with van der Waals surface area (Å²) in [6.45, 7) is 4.87. The van der Waals surface area contributed by atoms with Gasteiger partial charge in [0.25, 0.3) is 0 Å². The van der Waals surface area contributed by atoms with Crippen LogP contribution in [0.1, 0.15) is 16.7 Å². The Morgan fingerprint density at radius 1 is 0.686 bits per heavy atom. The Morgan fingerprint density at radius 3 is 2.14 bits per heavy atom. The first-order chi connectivity index (χ1) is 17.0. The van der Waals surface area contributed by atoms with Gasteiger partial charge in [-0.2, -0.15) is 0 Å². The molecule has 4 heteroatoms. The summed E-state index contributed by atoms with van der Waals surface area (Å²) in [4.78, 5) is 4.33. The number of rotatable bonds is 1. The van der Waals surface area contributed by atoms with E-state index in [2.05, 4.69) is 96.9 Å². The molecule has 3 heterocycles. The van der Waals surface area contributed by atoms with Crippen LogP contribution in [0, 0.1) is 0 Å². The van der Waals surface area contributed by atoms with Crippen LogP contribution in [-0.4, -0.2) is 13.1 Å². The Hall–Kier alpha value is -3.52. The highest BCUT2D eigenvalue weighted by molar-refractivity contribution is 7.85. The van der Waals surface area contributed by atoms with Crippen LogP contribution in [0.4, 0.5) is 0 Å². The Balaban J connectivity index is 1.65. The van der Waals surface area contributed by atoms with Crippen molar-refractivity contribution >= 4 is 57.9 Å². The average molecular weight is 486 g/mol. The summed E-state index contributed by atoms with van der Waals surface area (Å²) < 4.78 is 15.7. The molecule has 35 heavy (non-hydrogen) atoms. The van der Waals surface area contributed by atoms with E-state index in [1.807, 2.05) is 24.4 Å². The molecular weight excluding hydrogens is 461 g/mol. The van der Waals surface area contributed by atoms with Gasteiger partial charge in [-0.15, -0.1) is 0 Å². The van der Waals surface area contributed by atoms with Crippen LogP contribution >= 0.6 is 7.14 Å². The van der Waals surface area contributed by atoms with Crippen molar-refractivity contribution in [1.29, 1.82) is 0 Å². The highest BCUT2D eigenvalue weighted by Gasteiger charge is 2.47. The van der Waals surface area contributed by atoms with Gasteiger partial charge in [-0.1, -0.05) is 98.0 Å². The summed E-state index contributed by atoms with van der Waals surface area (Å²) >= 11 is 0. The van der Waals surface area contributed by atoms with Crippen LogP contribution in [-0.2, 0) is 4.57 Å². The van der Waals surface area contributed by atoms with Gasteiger partial charge >= 0.3 is 0 Å². The zero-order chi connectivity index (χ0) is 23.8. The van der Waals surface area contributed by atoms with Gasteiger partial charge in [-0.05, 0) is 50.2 Å². The second-order valence-corrected chi connectivity index (χ2v) is 17.0. The van der Waals surface area contributed by atoms with Gasteiger partial charge in [0.1, 0.15) is 8.07 Å². The summed E-state index contributed by atoms with van der Waals surface area (Å²) in [5.74, 6) is 0. The van der Waals surface area contributed by atoms with Gasteiger partial charge in [-0.25, -0.2) is 0 Å². The maximum atomic E-state index is 15.7. The van der Waals surface area contributed by atoms with Crippen molar-refractivity contribution in [3.8, 4) is 0 Å². The number of benzene rings is 4. The third-order valence-electron chi connectivity index (χ3n) is 7.76. The van der Waals surface area contributed by atoms with Crippen molar-refractivity contribution in [1.82, 2.24) is 4.98 Å². The summed E-state index contributed by atoms with van der Waals surface area (Å²) in [6.07, 6.45) is 3.67. The lowest BCUT2D eigenvalue weighted by Gasteiger charge is -2.27. The van der Waals surface area contributed by atoms with Gasteiger partial charge in [-0.3, -0.25) is 4.98 Å². The normalized spacial score (nSPS) is 19.5. The van der Waals surface area contributed by atoms with E-state index < -0.39 is 15.2 Å². The second kappa shape index (κ2) is 7.24. The van der Waals surface area contributed by atoms with Gasteiger partial charge in [0.15, 0.2) is 7.14 Å². The van der Waals surface area contributed by atoms with E-state index in [0.29, 0.717) is 0 Å². The fourth-order valence-electron chi connectivity index (χ4n) is 6.17. The molecule has 0 aliphatic carbocycles. The Morgan fingerprint density at radius 2 is 1.34 bits per heavy atom. The minimum Gasteiger partial charge on any atom is -0.309 e. The van der Waals surface area contributed by atoms with Crippen LogP contribution in [0.2, 0.25) is 13.1 Å². The van der Waals surface area contributed by atoms with Crippen molar-refractivity contribution in [2.45, 2.75) is 13.1 Å². The molecule has 0 fully saturated rings. The largest absolute Gasteiger partial charge is 0.309 e. The minimum absolute atomic E-state index is 0.867. The lowest BCUT2D eigenvalue weighted by atomic mass is 9.96. The smallest absolute Gasteiger partial charge is 0.172 e. The molecule has 2 aliphatic heterocycles. The molecule has 4 aromatic carbocycles. The minimum atomic E-state index is -3.16. The molecule has 1 unspecified atom stereocenters. The van der Waals surface area contributed by atoms with Crippen molar-refractivity contribution < 1.29 is 4.57 Å². The van der Waals surface area contributed by atoms with E-state index in [-0.39, 0.29) is 0 Å². The highest BCUT2D eigenvalue weighted by Crippen LogP contribution is 2.53. The second-order valence-electron chi connectivity index (χ2n) is 9.97. The molecule has 0 N–H and O–H groups in total. The zero-order valence-electron chi connectivity index (χ0n) is 19.7. The number of fused-ring (bicyclic) bond motifs is 7. The predicted octanol–water partition coefficient (Wildman–Crippen LogP) is 5.61. The fourth-order valence-corrected chi connectivity index (χ4v) is 12.8. The Labute approximate surface area is 206 Å². The molecule has 0 amide bonds. The monoisotopic (exact) mass is 485 g/mol. The van der Waals surface area contributed by atoms with Crippen molar-refractivity contribution in [2.24, 2.45) is 0 Å². The Kier molecular flexibility index (Phi) is 4.31. The average Bonchev–Trinajstić information content (AvgIpc) is 3.08. The first-order valence-electron chi connectivity index (χ1n) is 12.0. The number of hydrogen-bond acceptors (Lipinski definition) is 2. The van der Waals surface area contributed by atoms with Crippen LogP contribution in [0.5, 0.6) is 0 Å². The lowest BCUT2D eigenvalue weighted by Crippen LogP contribution is -2.42. The molecule has 0 spiro atoms. The van der Waals surface area contributed by atoms with Crippen LogP contribution in [0.3, 0.4) is 0 Å². The third kappa shape index (κ3) is 2.71. The predicted molar refractivity (Wildman–Crippen MR) is 151 cm³/mol. The molecule has 2 nitrogen and oxygen atoms in total. The molecule has 7 rings (SSSR count). The molecule has 0 saturated heterocycles. The molecule has 1 aromatic heterocycles. The quantitative estimate of drug-likeness (QED) is 0.228. The number of nitrogens with zero attached hydrogens (tertiary/aromatic N) is 1. The van der Waals surface area contributed by atoms with E-state index in [9.17, 15) is 0 Å². The van der Waals surface area contributed by atoms with Gasteiger partial charge in [0.2, 0.25) is 0 Å². The van der Waals surface area contributed by atoms with Gasteiger partial charge in [0.05, 0.1) is 0 Å². The highest BCUT2D eigenvalue weighted by atomic mass is 31.2. The van der Waals surface area contributed by atoms with E-state index in [1.54, 1.807) is 6.20 Å². The molecule has 5 aromatic rings. The summed E-state index contributed by atoms with van der Waals surface area (Å²) in [5.41, 5.74) is 4.85. The summed E-state index contributed by atoms with van der Waals surface area (Å²) in [6, 6.07) is 33.9. The van der Waals surface area contributed by atoms with E-state index in [1.165, 1.54) is 21.5 Å². The van der Waals surface area contributed by atoms with Crippen LogP contribution < -0.4 is 21.1 Å². The topological polar surface area (TPSA) is 30.0 Å². The molecule has 0 bridgehead atoms. The maximum Gasteiger partial charge on any atom is 0.172 e. The molecule has 1 atom stereocenters. The van der Waals surface area contributed by atoms with Crippen LogP contribution in [0.25, 0.3) is 21.5 Å². The van der Waals surface area contributed by atoms with Gasteiger partial charge < -0.3 is 4.57 Å². The fraction of sp³-hybridized carbons (Fsp3) is 0.0645. The SMILES string of the molecule is C[Si]1(C)C2=C(c3ccccc31)c1ccccc1P(=O)(c1ccc3ccncc3c1)c1ccccc12. The van der Waals surface area contributed by atoms with Crippen molar-refractivity contribution in [3.63, 3.8) is 0 Å². The number of hydrogen-bond donors (Lipinski definition) is 0. The number of pyridine rings is 1. The van der Waals surface area contributed by atoms with E-state index >= 15 is 4.57 Å². The molecule has 0 radical (unpaired) electrons. The molecular formula is C31H24NOPSi. The third-order valence-corrected chi connectivity index (χ3v) is 14.5. The summed E-state index contributed by atoms with van der Waals surface area (Å²) in [5, 5.41) is 7.74. The first kappa shape index (κ1) is 20.8. The van der Waals surface area contributed by atoms with E-state index in [4.69, 9.17) is 0 Å². The number of aromatic nitrogens is 1. The van der Waals surface area contributed by atoms with E-state index in [0.717, 1.165) is 37.8 Å². The van der Waals surface area contributed by atoms with Gasteiger partial charge in [0, 0.05) is 33.7 Å².